The van der Waals surface area contributed by atoms with E-state index in [1.54, 1.807) is 0 Å². The number of aromatic amines is 1. The molecule has 2 aromatic rings. The molecule has 0 saturated heterocycles. The van der Waals surface area contributed by atoms with Crippen molar-refractivity contribution >= 4 is 15.9 Å². The number of halogens is 1. The van der Waals surface area contributed by atoms with Crippen molar-refractivity contribution in [3.8, 4) is 0 Å². The predicted octanol–water partition coefficient (Wildman–Crippen LogP) is 2.12. The summed E-state index contributed by atoms with van der Waals surface area (Å²) in [6.07, 6.45) is 2.08. The fourth-order valence-corrected chi connectivity index (χ4v) is 1.77. The molecule has 0 atom stereocenters. The van der Waals surface area contributed by atoms with Crippen molar-refractivity contribution in [2.75, 3.05) is 0 Å². The lowest BCUT2D eigenvalue weighted by atomic mass is 10.1. The van der Waals surface area contributed by atoms with Crippen molar-refractivity contribution < 1.29 is 0 Å². The Labute approximate surface area is 95.3 Å². The maximum atomic E-state index is 11.1. The molecule has 0 radical (unpaired) electrons. The average molecular weight is 265 g/mol. The molecule has 0 spiro atoms. The van der Waals surface area contributed by atoms with Crippen molar-refractivity contribution in [1.29, 1.82) is 0 Å². The zero-order chi connectivity index (χ0) is 10.7. The van der Waals surface area contributed by atoms with E-state index in [2.05, 4.69) is 25.9 Å². The van der Waals surface area contributed by atoms with Gasteiger partial charge < -0.3 is 4.98 Å². The summed E-state index contributed by atoms with van der Waals surface area (Å²) >= 11 is 3.46. The first kappa shape index (κ1) is 10.1. The predicted molar refractivity (Wildman–Crippen MR) is 61.8 cm³/mol. The fraction of sp³-hybridized carbons (Fsp3) is 0.0909. The van der Waals surface area contributed by atoms with Gasteiger partial charge in [0.1, 0.15) is 0 Å². The standard InChI is InChI=1S/C11H9BrN2O/c12-10-4-2-1-3-8(10)5-9-6-11(15)14-7-13-9/h1-4,6-7H,5H2,(H,13,14,15). The molecule has 0 aliphatic carbocycles. The van der Waals surface area contributed by atoms with Crippen molar-refractivity contribution in [2.45, 2.75) is 6.42 Å². The van der Waals surface area contributed by atoms with E-state index in [0.29, 0.717) is 6.42 Å². The molecule has 0 fully saturated rings. The van der Waals surface area contributed by atoms with Crippen LogP contribution in [0.2, 0.25) is 0 Å². The maximum Gasteiger partial charge on any atom is 0.250 e. The SMILES string of the molecule is O=c1cc(Cc2ccccc2Br)nc[nH]1. The van der Waals surface area contributed by atoms with Crippen LogP contribution in [0.3, 0.4) is 0 Å². The van der Waals surface area contributed by atoms with Crippen LogP contribution in [-0.2, 0) is 6.42 Å². The highest BCUT2D eigenvalue weighted by molar-refractivity contribution is 9.10. The van der Waals surface area contributed by atoms with E-state index in [1.807, 2.05) is 24.3 Å². The van der Waals surface area contributed by atoms with Gasteiger partial charge in [0.05, 0.1) is 12.0 Å². The van der Waals surface area contributed by atoms with Gasteiger partial charge in [0.25, 0.3) is 5.56 Å². The Hall–Kier alpha value is -1.42. The van der Waals surface area contributed by atoms with Crippen LogP contribution in [0, 0.1) is 0 Å². The third-order valence-electron chi connectivity index (χ3n) is 2.06. The molecule has 1 N–H and O–H groups in total. The van der Waals surface area contributed by atoms with Crippen molar-refractivity contribution in [3.63, 3.8) is 0 Å². The van der Waals surface area contributed by atoms with Gasteiger partial charge in [0, 0.05) is 17.0 Å². The van der Waals surface area contributed by atoms with E-state index >= 15 is 0 Å². The molecule has 4 heteroatoms. The number of nitrogens with one attached hydrogen (secondary N) is 1. The lowest BCUT2D eigenvalue weighted by Gasteiger charge is -2.02. The van der Waals surface area contributed by atoms with Crippen LogP contribution in [0.1, 0.15) is 11.3 Å². The van der Waals surface area contributed by atoms with Crippen LogP contribution in [0.25, 0.3) is 0 Å². The van der Waals surface area contributed by atoms with Crippen LogP contribution < -0.4 is 5.56 Å². The van der Waals surface area contributed by atoms with Gasteiger partial charge in [0.15, 0.2) is 0 Å². The molecule has 1 heterocycles. The minimum atomic E-state index is -0.118. The molecule has 0 aliphatic heterocycles. The molecule has 0 saturated carbocycles. The van der Waals surface area contributed by atoms with E-state index < -0.39 is 0 Å². The number of H-pyrrole nitrogens is 1. The zero-order valence-corrected chi connectivity index (χ0v) is 9.49. The first-order valence-electron chi connectivity index (χ1n) is 4.53. The normalized spacial score (nSPS) is 10.2. The number of hydrogen-bond acceptors (Lipinski definition) is 2. The molecule has 0 amide bonds. The highest BCUT2D eigenvalue weighted by Crippen LogP contribution is 2.17. The molecule has 15 heavy (non-hydrogen) atoms. The summed E-state index contributed by atoms with van der Waals surface area (Å²) in [6, 6.07) is 9.42. The van der Waals surface area contributed by atoms with E-state index in [9.17, 15) is 4.79 Å². The molecule has 0 unspecified atom stereocenters. The Morgan fingerprint density at radius 3 is 2.87 bits per heavy atom. The fourth-order valence-electron chi connectivity index (χ4n) is 1.34. The summed E-state index contributed by atoms with van der Waals surface area (Å²) in [6.45, 7) is 0. The molecular formula is C11H9BrN2O. The number of hydrogen-bond donors (Lipinski definition) is 1. The van der Waals surface area contributed by atoms with E-state index in [-0.39, 0.29) is 5.56 Å². The molecule has 0 bridgehead atoms. The minimum Gasteiger partial charge on any atom is -0.313 e. The van der Waals surface area contributed by atoms with Gasteiger partial charge in [-0.1, -0.05) is 34.1 Å². The number of nitrogens with zero attached hydrogens (tertiary/aromatic N) is 1. The third-order valence-corrected chi connectivity index (χ3v) is 2.84. The monoisotopic (exact) mass is 264 g/mol. The van der Waals surface area contributed by atoms with Crippen LogP contribution in [0.15, 0.2) is 45.9 Å². The Bertz CT molecular complexity index is 522. The summed E-state index contributed by atoms with van der Waals surface area (Å²) in [5.74, 6) is 0. The summed E-state index contributed by atoms with van der Waals surface area (Å²) in [5, 5.41) is 0. The van der Waals surface area contributed by atoms with Gasteiger partial charge in [-0.05, 0) is 11.6 Å². The molecule has 2 rings (SSSR count). The van der Waals surface area contributed by atoms with Gasteiger partial charge in [0.2, 0.25) is 0 Å². The second-order valence-corrected chi connectivity index (χ2v) is 4.02. The van der Waals surface area contributed by atoms with Gasteiger partial charge in [-0.2, -0.15) is 0 Å². The first-order valence-corrected chi connectivity index (χ1v) is 5.32. The van der Waals surface area contributed by atoms with Crippen LogP contribution >= 0.6 is 15.9 Å². The largest absolute Gasteiger partial charge is 0.313 e. The topological polar surface area (TPSA) is 45.8 Å². The second kappa shape index (κ2) is 4.40. The summed E-state index contributed by atoms with van der Waals surface area (Å²) < 4.78 is 1.03. The molecule has 1 aromatic carbocycles. The summed E-state index contributed by atoms with van der Waals surface area (Å²) in [7, 11) is 0. The number of benzene rings is 1. The Kier molecular flexibility index (Phi) is 2.97. The number of aromatic nitrogens is 2. The lowest BCUT2D eigenvalue weighted by molar-refractivity contribution is 1.00. The highest BCUT2D eigenvalue weighted by atomic mass is 79.9. The molecular weight excluding hydrogens is 256 g/mol. The van der Waals surface area contributed by atoms with Crippen LogP contribution in [0.5, 0.6) is 0 Å². The van der Waals surface area contributed by atoms with Crippen LogP contribution in [0.4, 0.5) is 0 Å². The van der Waals surface area contributed by atoms with Gasteiger partial charge in [-0.25, -0.2) is 4.98 Å². The van der Waals surface area contributed by atoms with Crippen molar-refractivity contribution in [1.82, 2.24) is 9.97 Å². The van der Waals surface area contributed by atoms with Crippen molar-refractivity contribution in [2.24, 2.45) is 0 Å². The molecule has 0 aliphatic rings. The van der Waals surface area contributed by atoms with Gasteiger partial charge in [-0.15, -0.1) is 0 Å². The first-order chi connectivity index (χ1) is 7.25. The van der Waals surface area contributed by atoms with Gasteiger partial charge >= 0.3 is 0 Å². The van der Waals surface area contributed by atoms with E-state index in [0.717, 1.165) is 15.7 Å². The number of rotatable bonds is 2. The smallest absolute Gasteiger partial charge is 0.250 e. The highest BCUT2D eigenvalue weighted by Gasteiger charge is 2.01. The maximum absolute atomic E-state index is 11.1. The van der Waals surface area contributed by atoms with E-state index in [1.165, 1.54) is 12.4 Å². The zero-order valence-electron chi connectivity index (χ0n) is 7.90. The van der Waals surface area contributed by atoms with Crippen LogP contribution in [-0.4, -0.2) is 9.97 Å². The van der Waals surface area contributed by atoms with E-state index in [4.69, 9.17) is 0 Å². The average Bonchev–Trinajstić information content (AvgIpc) is 2.22. The minimum absolute atomic E-state index is 0.118. The summed E-state index contributed by atoms with van der Waals surface area (Å²) in [4.78, 5) is 17.7. The molecule has 76 valence electrons. The van der Waals surface area contributed by atoms with Gasteiger partial charge in [-0.3, -0.25) is 4.79 Å². The summed E-state index contributed by atoms with van der Waals surface area (Å²) in [5.41, 5.74) is 1.77. The Morgan fingerprint density at radius 1 is 1.33 bits per heavy atom. The Morgan fingerprint density at radius 2 is 2.13 bits per heavy atom. The third kappa shape index (κ3) is 2.53. The quantitative estimate of drug-likeness (QED) is 0.904. The Balaban J connectivity index is 2.30. The molecule has 3 nitrogen and oxygen atoms in total. The lowest BCUT2D eigenvalue weighted by Crippen LogP contribution is -2.07. The van der Waals surface area contributed by atoms with Crippen molar-refractivity contribution in [3.05, 3.63) is 62.7 Å². The molecule has 1 aromatic heterocycles. The second-order valence-electron chi connectivity index (χ2n) is 3.17.